The van der Waals surface area contributed by atoms with Crippen LogP contribution in [0.2, 0.25) is 0 Å². The summed E-state index contributed by atoms with van der Waals surface area (Å²) >= 11 is 0. The Kier molecular flexibility index (Phi) is 15.2. The van der Waals surface area contributed by atoms with Crippen LogP contribution in [0.3, 0.4) is 0 Å². The summed E-state index contributed by atoms with van der Waals surface area (Å²) < 4.78 is 0. The lowest BCUT2D eigenvalue weighted by Crippen LogP contribution is -2.00. The van der Waals surface area contributed by atoms with Crippen LogP contribution >= 0.6 is 0 Å². The van der Waals surface area contributed by atoms with E-state index in [1.54, 1.807) is 0 Å². The molecule has 0 radical (unpaired) electrons. The largest absolute Gasteiger partial charge is 0.115 e. The van der Waals surface area contributed by atoms with Crippen molar-refractivity contribution in [2.45, 2.75) is 55.4 Å². The molecule has 2 aromatic rings. The van der Waals surface area contributed by atoms with E-state index in [9.17, 15) is 0 Å². The highest BCUT2D eigenvalue weighted by Gasteiger charge is 2.17. The molecule has 0 atom stereocenters. The van der Waals surface area contributed by atoms with Crippen molar-refractivity contribution >= 4 is 11.6 Å². The first-order valence-corrected chi connectivity index (χ1v) is 12.1. The number of hydrogen-bond acceptors (Lipinski definition) is 0. The third kappa shape index (κ3) is 8.76. The molecule has 178 valence electrons. The lowest BCUT2D eigenvalue weighted by Gasteiger charge is -2.20. The number of hydrogen-bond donors (Lipinski definition) is 0. The second-order valence-corrected chi connectivity index (χ2v) is 7.20. The van der Waals surface area contributed by atoms with Gasteiger partial charge in [-0.15, -0.1) is 6.42 Å². The summed E-state index contributed by atoms with van der Waals surface area (Å²) in [5, 5.41) is 0. The summed E-state index contributed by atoms with van der Waals surface area (Å²) in [6, 6.07) is 18.4. The highest BCUT2D eigenvalue weighted by Crippen LogP contribution is 2.37. The fourth-order valence-corrected chi connectivity index (χ4v) is 3.42. The van der Waals surface area contributed by atoms with Gasteiger partial charge in [0, 0.05) is 5.56 Å². The molecule has 0 bridgehead atoms. The van der Waals surface area contributed by atoms with E-state index in [0.717, 1.165) is 39.0 Å². The first-order chi connectivity index (χ1) is 16.4. The minimum atomic E-state index is 0.864. The maximum Gasteiger partial charge on any atom is 0.0248 e. The van der Waals surface area contributed by atoms with Crippen LogP contribution in [0.15, 0.2) is 114 Å². The van der Waals surface area contributed by atoms with E-state index in [1.807, 2.05) is 77.1 Å². The van der Waals surface area contributed by atoms with Gasteiger partial charge in [-0.2, -0.15) is 0 Å². The van der Waals surface area contributed by atoms with Crippen LogP contribution in [0.4, 0.5) is 0 Å². The molecular weight excluding hydrogens is 408 g/mol. The van der Waals surface area contributed by atoms with Crippen LogP contribution in [0.25, 0.3) is 11.6 Å². The second-order valence-electron chi connectivity index (χ2n) is 7.20. The summed E-state index contributed by atoms with van der Waals surface area (Å²) in [4.78, 5) is 0. The molecule has 0 heteroatoms. The van der Waals surface area contributed by atoms with Crippen molar-refractivity contribution in [3.05, 3.63) is 131 Å². The molecule has 0 amide bonds. The van der Waals surface area contributed by atoms with Crippen LogP contribution in [0, 0.1) is 12.3 Å². The van der Waals surface area contributed by atoms with E-state index in [0.29, 0.717) is 0 Å². The summed E-state index contributed by atoms with van der Waals surface area (Å²) in [6.45, 7) is 25.0. The van der Waals surface area contributed by atoms with Gasteiger partial charge in [0.05, 0.1) is 0 Å². The topological polar surface area (TPSA) is 0 Å². The molecule has 0 N–H and O–H groups in total. The van der Waals surface area contributed by atoms with Gasteiger partial charge in [-0.05, 0) is 84.4 Å². The minimum absolute atomic E-state index is 0.864. The first-order valence-electron chi connectivity index (χ1n) is 12.1. The Bertz CT molecular complexity index is 1090. The van der Waals surface area contributed by atoms with E-state index in [-0.39, 0.29) is 0 Å². The maximum absolute atomic E-state index is 5.53. The van der Waals surface area contributed by atoms with Crippen LogP contribution < -0.4 is 0 Å². The van der Waals surface area contributed by atoms with Crippen LogP contribution in [-0.4, -0.2) is 0 Å². The molecule has 34 heavy (non-hydrogen) atoms. The van der Waals surface area contributed by atoms with Crippen molar-refractivity contribution in [2.75, 3.05) is 0 Å². The van der Waals surface area contributed by atoms with E-state index < -0.39 is 0 Å². The molecule has 2 aromatic carbocycles. The van der Waals surface area contributed by atoms with Gasteiger partial charge >= 0.3 is 0 Å². The zero-order chi connectivity index (χ0) is 26.1. The summed E-state index contributed by atoms with van der Waals surface area (Å²) in [5.74, 6) is 2.68. The van der Waals surface area contributed by atoms with Crippen LogP contribution in [0.5, 0.6) is 0 Å². The molecule has 2 rings (SSSR count). The van der Waals surface area contributed by atoms with Gasteiger partial charge in [0.25, 0.3) is 0 Å². The van der Waals surface area contributed by atoms with Crippen molar-refractivity contribution in [1.82, 2.24) is 0 Å². The standard InChI is InChI=1S/C30H30.2C2H6/c1-8-23(6)28(10-3)30(27-17-12-11-13-18-27)29(22(4)5)24(7)19-20-26-16-14-15-25(9-2)21-26;2*1-2/h2,8,10-21H,4,7H2,1,3,5-6H3;2*1-2H3/b20-19+,23-8-,28-10+,30-29+;;. The Morgan fingerprint density at radius 1 is 0.853 bits per heavy atom. The fraction of sp³-hybridized carbons (Fsp3) is 0.235. The molecule has 0 aliphatic carbocycles. The molecule has 0 nitrogen and oxygen atoms in total. The Morgan fingerprint density at radius 2 is 1.47 bits per heavy atom. The van der Waals surface area contributed by atoms with E-state index in [1.165, 1.54) is 11.1 Å². The number of terminal acetylenes is 1. The molecule has 0 aliphatic heterocycles. The summed E-state index contributed by atoms with van der Waals surface area (Å²) in [5.41, 5.74) is 9.55. The fourth-order valence-electron chi connectivity index (χ4n) is 3.42. The number of rotatable bonds is 7. The second kappa shape index (κ2) is 17.0. The van der Waals surface area contributed by atoms with Gasteiger partial charge in [0.15, 0.2) is 0 Å². The maximum atomic E-state index is 5.53. The minimum Gasteiger partial charge on any atom is -0.115 e. The van der Waals surface area contributed by atoms with Gasteiger partial charge in [-0.3, -0.25) is 0 Å². The van der Waals surface area contributed by atoms with Gasteiger partial charge in [-0.1, -0.05) is 114 Å². The van der Waals surface area contributed by atoms with Crippen LogP contribution in [-0.2, 0) is 0 Å². The zero-order valence-electron chi connectivity index (χ0n) is 22.5. The average molecular weight is 451 g/mol. The normalized spacial score (nSPS) is 11.9. The highest BCUT2D eigenvalue weighted by molar-refractivity contribution is 5.90. The Balaban J connectivity index is 0.00000258. The molecule has 0 saturated heterocycles. The molecule has 0 heterocycles. The predicted molar refractivity (Wildman–Crippen MR) is 157 cm³/mol. The number of allylic oxidation sites excluding steroid dienone is 9. The lowest BCUT2D eigenvalue weighted by molar-refractivity contribution is 1.33. The zero-order valence-corrected chi connectivity index (χ0v) is 22.5. The van der Waals surface area contributed by atoms with E-state index >= 15 is 0 Å². The predicted octanol–water partition coefficient (Wildman–Crippen LogP) is 10.2. The number of benzene rings is 2. The first kappa shape index (κ1) is 30.4. The summed E-state index contributed by atoms with van der Waals surface area (Å²) in [7, 11) is 0. The molecular formula is C34H42. The van der Waals surface area contributed by atoms with E-state index in [2.05, 4.69) is 76.3 Å². The molecule has 0 aromatic heterocycles. The Hall–Kier alpha value is -3.56. The van der Waals surface area contributed by atoms with Crippen LogP contribution in [0.1, 0.15) is 72.1 Å². The van der Waals surface area contributed by atoms with Crippen molar-refractivity contribution in [2.24, 2.45) is 0 Å². The third-order valence-electron chi connectivity index (χ3n) is 5.01. The monoisotopic (exact) mass is 450 g/mol. The van der Waals surface area contributed by atoms with Gasteiger partial charge in [0.1, 0.15) is 0 Å². The van der Waals surface area contributed by atoms with Gasteiger partial charge < -0.3 is 0 Å². The quantitative estimate of drug-likeness (QED) is 0.291. The molecule has 0 unspecified atom stereocenters. The smallest absolute Gasteiger partial charge is 0.0248 e. The Labute approximate surface area is 209 Å². The molecule has 0 saturated carbocycles. The highest BCUT2D eigenvalue weighted by atomic mass is 14.2. The third-order valence-corrected chi connectivity index (χ3v) is 5.01. The lowest BCUT2D eigenvalue weighted by atomic mass is 9.83. The van der Waals surface area contributed by atoms with Crippen molar-refractivity contribution in [3.8, 4) is 12.3 Å². The molecule has 0 fully saturated rings. The van der Waals surface area contributed by atoms with Crippen molar-refractivity contribution in [3.63, 3.8) is 0 Å². The van der Waals surface area contributed by atoms with Gasteiger partial charge in [-0.25, -0.2) is 0 Å². The van der Waals surface area contributed by atoms with Crippen molar-refractivity contribution in [1.29, 1.82) is 0 Å². The van der Waals surface area contributed by atoms with Crippen molar-refractivity contribution < 1.29 is 0 Å². The summed E-state index contributed by atoms with van der Waals surface area (Å²) in [6.07, 6.45) is 13.9. The molecule has 0 aliphatic rings. The molecule has 0 spiro atoms. The Morgan fingerprint density at radius 3 is 1.97 bits per heavy atom. The van der Waals surface area contributed by atoms with E-state index in [4.69, 9.17) is 6.42 Å². The SMILES string of the molecule is C#Cc1cccc(/C=C/C(=C)/C(C(=C)C)=C(C(=C/C)/C(C)=C\C)\c2ccccc2)c1.CC.CC. The average Bonchev–Trinajstić information content (AvgIpc) is 2.89. The van der Waals surface area contributed by atoms with Gasteiger partial charge in [0.2, 0.25) is 0 Å².